The highest BCUT2D eigenvalue weighted by molar-refractivity contribution is 5.82. The summed E-state index contributed by atoms with van der Waals surface area (Å²) in [6, 6.07) is -0.668. The van der Waals surface area contributed by atoms with E-state index in [1.807, 2.05) is 13.8 Å². The van der Waals surface area contributed by atoms with Crippen LogP contribution in [-0.2, 0) is 19.1 Å². The van der Waals surface area contributed by atoms with Gasteiger partial charge in [0.2, 0.25) is 11.8 Å². The lowest BCUT2D eigenvalue weighted by Crippen LogP contribution is -2.62. The molecule has 0 spiro atoms. The highest BCUT2D eigenvalue weighted by Gasteiger charge is 2.45. The van der Waals surface area contributed by atoms with Crippen molar-refractivity contribution >= 4 is 11.8 Å². The van der Waals surface area contributed by atoms with Crippen LogP contribution in [0.15, 0.2) is 0 Å². The Morgan fingerprint density at radius 2 is 1.34 bits per heavy atom. The Hall–Kier alpha value is -1.42. The summed E-state index contributed by atoms with van der Waals surface area (Å²) in [5, 5.41) is 0. The van der Waals surface area contributed by atoms with E-state index in [1.54, 1.807) is 16.9 Å². The minimum Gasteiger partial charge on any atom is -0.381 e. The van der Waals surface area contributed by atoms with Crippen molar-refractivity contribution in [1.82, 2.24) is 9.80 Å². The molecule has 0 bridgehead atoms. The van der Waals surface area contributed by atoms with Gasteiger partial charge in [-0.05, 0) is 39.5 Å². The topological polar surface area (TPSA) is 59.1 Å². The molecule has 2 saturated carbocycles. The highest BCUT2D eigenvalue weighted by Crippen LogP contribution is 2.34. The number of ether oxygens (including phenoxy) is 2. The quantitative estimate of drug-likeness (QED) is 0.584. The van der Waals surface area contributed by atoms with Gasteiger partial charge in [0.15, 0.2) is 0 Å². The molecule has 1 heterocycles. The molecule has 2 aliphatic carbocycles. The van der Waals surface area contributed by atoms with E-state index in [4.69, 9.17) is 4.74 Å². The van der Waals surface area contributed by atoms with Gasteiger partial charge >= 0.3 is 6.61 Å². The number of carbonyl (C=O) groups excluding carboxylic acids is 2. The van der Waals surface area contributed by atoms with E-state index in [1.165, 1.54) is 0 Å². The Labute approximate surface area is 186 Å². The fraction of sp³-hybridized carbons (Fsp3) is 0.909. The lowest BCUT2D eigenvalue weighted by molar-refractivity contribution is -0.180. The zero-order valence-corrected chi connectivity index (χ0v) is 18.9. The first-order valence-corrected chi connectivity index (χ1v) is 11.5. The summed E-state index contributed by atoms with van der Waals surface area (Å²) in [4.78, 5) is 29.4. The Morgan fingerprint density at radius 3 is 1.84 bits per heavy atom. The molecule has 0 aromatic rings. The van der Waals surface area contributed by atoms with Gasteiger partial charge in [0.05, 0.1) is 24.0 Å². The second-order valence-corrected chi connectivity index (χ2v) is 9.43. The average molecular weight is 467 g/mol. The Kier molecular flexibility index (Phi) is 8.41. The molecule has 184 valence electrons. The first-order valence-electron chi connectivity index (χ1n) is 11.5. The fourth-order valence-corrected chi connectivity index (χ4v) is 5.56. The van der Waals surface area contributed by atoms with Gasteiger partial charge in [0, 0.05) is 45.1 Å². The lowest BCUT2D eigenvalue weighted by Gasteiger charge is -2.47. The standard InChI is InChI=1S/C22H34F4N2O4/c1-12-10-27(20(29)16-7-5-15(9-19(16)24)32-22(25)26)11-13(2)28(12)21(30)17-6-4-14(31-3)8-18(17)23/h12-19,22H,4-11H2,1-3H3/t12-,13-,14?,15?,16?,17?,18?,19?/m1/s1. The molecule has 6 nitrogen and oxygen atoms in total. The van der Waals surface area contributed by atoms with Crippen molar-refractivity contribution in [1.29, 1.82) is 0 Å². The molecule has 8 atom stereocenters. The number of hydrogen-bond donors (Lipinski definition) is 0. The summed E-state index contributed by atoms with van der Waals surface area (Å²) in [6.45, 7) is 1.13. The van der Waals surface area contributed by atoms with Crippen molar-refractivity contribution in [2.24, 2.45) is 11.8 Å². The van der Waals surface area contributed by atoms with Crippen molar-refractivity contribution in [2.75, 3.05) is 20.2 Å². The van der Waals surface area contributed by atoms with E-state index >= 15 is 0 Å². The Balaban J connectivity index is 1.58. The molecule has 3 rings (SSSR count). The van der Waals surface area contributed by atoms with Gasteiger partial charge < -0.3 is 19.3 Å². The van der Waals surface area contributed by atoms with E-state index in [0.717, 1.165) is 0 Å². The van der Waals surface area contributed by atoms with Gasteiger partial charge in [0.1, 0.15) is 12.3 Å². The lowest BCUT2D eigenvalue weighted by atomic mass is 9.83. The summed E-state index contributed by atoms with van der Waals surface area (Å²) >= 11 is 0. The average Bonchev–Trinajstić information content (AvgIpc) is 2.72. The molecule has 0 aromatic heterocycles. The van der Waals surface area contributed by atoms with Crippen LogP contribution in [0.2, 0.25) is 0 Å². The third-order valence-corrected chi connectivity index (χ3v) is 7.20. The maximum absolute atomic E-state index is 14.7. The van der Waals surface area contributed by atoms with Crippen LogP contribution in [0, 0.1) is 11.8 Å². The number of halogens is 4. The minimum atomic E-state index is -2.96. The highest BCUT2D eigenvalue weighted by atomic mass is 19.3. The molecule has 1 aliphatic heterocycles. The van der Waals surface area contributed by atoms with Crippen molar-refractivity contribution in [3.63, 3.8) is 0 Å². The second-order valence-electron chi connectivity index (χ2n) is 9.43. The third-order valence-electron chi connectivity index (χ3n) is 7.20. The van der Waals surface area contributed by atoms with E-state index in [2.05, 4.69) is 4.74 Å². The van der Waals surface area contributed by atoms with Crippen molar-refractivity contribution in [3.8, 4) is 0 Å². The summed E-state index contributed by atoms with van der Waals surface area (Å²) in [5.74, 6) is -2.21. The normalized spacial score (nSPS) is 38.8. The minimum absolute atomic E-state index is 0.144. The summed E-state index contributed by atoms with van der Waals surface area (Å²) < 4.78 is 63.7. The van der Waals surface area contributed by atoms with Crippen LogP contribution >= 0.6 is 0 Å². The van der Waals surface area contributed by atoms with Crippen LogP contribution < -0.4 is 0 Å². The number of piperazine rings is 1. The number of alkyl halides is 4. The van der Waals surface area contributed by atoms with Crippen LogP contribution in [-0.4, -0.2) is 85.1 Å². The second kappa shape index (κ2) is 10.7. The predicted octanol–water partition coefficient (Wildman–Crippen LogP) is 3.33. The van der Waals surface area contributed by atoms with Crippen molar-refractivity contribution < 1.29 is 36.6 Å². The van der Waals surface area contributed by atoms with Crippen LogP contribution in [0.1, 0.15) is 52.4 Å². The molecule has 2 amide bonds. The molecule has 3 fully saturated rings. The van der Waals surface area contributed by atoms with Crippen LogP contribution in [0.4, 0.5) is 17.6 Å². The van der Waals surface area contributed by atoms with E-state index in [-0.39, 0.29) is 68.8 Å². The van der Waals surface area contributed by atoms with Crippen molar-refractivity contribution in [3.05, 3.63) is 0 Å². The summed E-state index contributed by atoms with van der Waals surface area (Å²) in [7, 11) is 1.54. The van der Waals surface area contributed by atoms with E-state index < -0.39 is 36.9 Å². The van der Waals surface area contributed by atoms with Gasteiger partial charge in [-0.25, -0.2) is 8.78 Å². The molecule has 10 heteroatoms. The first kappa shape index (κ1) is 25.2. The molecule has 32 heavy (non-hydrogen) atoms. The molecule has 0 N–H and O–H groups in total. The number of nitrogens with zero attached hydrogens (tertiary/aromatic N) is 2. The van der Waals surface area contributed by atoms with Crippen LogP contribution in [0.3, 0.4) is 0 Å². The monoisotopic (exact) mass is 466 g/mol. The number of hydrogen-bond acceptors (Lipinski definition) is 4. The van der Waals surface area contributed by atoms with Crippen LogP contribution in [0.25, 0.3) is 0 Å². The Bertz CT molecular complexity index is 658. The largest absolute Gasteiger partial charge is 0.381 e. The zero-order valence-electron chi connectivity index (χ0n) is 18.9. The van der Waals surface area contributed by atoms with Crippen LogP contribution in [0.5, 0.6) is 0 Å². The third kappa shape index (κ3) is 5.55. The molecular weight excluding hydrogens is 432 g/mol. The van der Waals surface area contributed by atoms with Crippen molar-refractivity contribution in [2.45, 2.75) is 95.6 Å². The molecule has 6 unspecified atom stereocenters. The maximum Gasteiger partial charge on any atom is 0.345 e. The SMILES string of the molecule is COC1CCC(C(=O)N2[C@H](C)CN(C(=O)C3CCC(OC(F)F)CC3F)C[C@H]2C)C(F)C1. The number of carbonyl (C=O) groups is 2. The predicted molar refractivity (Wildman–Crippen MR) is 108 cm³/mol. The summed E-state index contributed by atoms with van der Waals surface area (Å²) in [5.41, 5.74) is 0. The number of methoxy groups -OCH3 is 1. The van der Waals surface area contributed by atoms with Gasteiger partial charge in [0.25, 0.3) is 0 Å². The number of rotatable bonds is 5. The van der Waals surface area contributed by atoms with Gasteiger partial charge in [-0.2, -0.15) is 8.78 Å². The smallest absolute Gasteiger partial charge is 0.345 e. The first-order chi connectivity index (χ1) is 15.1. The van der Waals surface area contributed by atoms with Gasteiger partial charge in [-0.15, -0.1) is 0 Å². The van der Waals surface area contributed by atoms with Gasteiger partial charge in [-0.1, -0.05) is 0 Å². The fourth-order valence-electron chi connectivity index (χ4n) is 5.56. The maximum atomic E-state index is 14.7. The molecule has 3 aliphatic rings. The zero-order chi connectivity index (χ0) is 23.6. The molecule has 1 saturated heterocycles. The number of amides is 2. The summed E-state index contributed by atoms with van der Waals surface area (Å²) in [6.07, 6.45) is -2.51. The Morgan fingerprint density at radius 1 is 0.844 bits per heavy atom. The van der Waals surface area contributed by atoms with E-state index in [9.17, 15) is 27.2 Å². The van der Waals surface area contributed by atoms with Gasteiger partial charge in [-0.3, -0.25) is 9.59 Å². The van der Waals surface area contributed by atoms with E-state index in [0.29, 0.717) is 12.8 Å². The molecule has 0 aromatic carbocycles. The molecule has 0 radical (unpaired) electrons. The molecular formula is C22H34F4N2O4.